The van der Waals surface area contributed by atoms with Crippen LogP contribution in [0.2, 0.25) is 0 Å². The fraction of sp³-hybridized carbons (Fsp3) is 0.444. The van der Waals surface area contributed by atoms with Crippen LogP contribution in [0.3, 0.4) is 0 Å². The van der Waals surface area contributed by atoms with E-state index in [9.17, 15) is 10.1 Å². The lowest BCUT2D eigenvalue weighted by molar-refractivity contribution is -0.112. The second-order valence-electron chi connectivity index (χ2n) is 5.51. The Hall–Kier alpha value is -2.08. The van der Waals surface area contributed by atoms with Crippen LogP contribution in [0.1, 0.15) is 51.0 Å². The fourth-order valence-corrected chi connectivity index (χ4v) is 2.83. The van der Waals surface area contributed by atoms with E-state index in [1.165, 1.54) is 6.42 Å². The summed E-state index contributed by atoms with van der Waals surface area (Å²) in [5.74, 6) is -0.252. The van der Waals surface area contributed by atoms with Gasteiger partial charge in [-0.15, -0.1) is 0 Å². The van der Waals surface area contributed by atoms with Crippen molar-refractivity contribution >= 4 is 11.6 Å². The van der Waals surface area contributed by atoms with Gasteiger partial charge in [-0.25, -0.2) is 0 Å². The van der Waals surface area contributed by atoms with Crippen molar-refractivity contribution in [3.05, 3.63) is 41.0 Å². The predicted octanol–water partition coefficient (Wildman–Crippen LogP) is 4.36. The number of allylic oxidation sites excluding steroid dienone is 1. The molecular weight excluding hydrogens is 260 g/mol. The van der Waals surface area contributed by atoms with Crippen LogP contribution in [0.4, 0.5) is 5.69 Å². The maximum absolute atomic E-state index is 12.4. The van der Waals surface area contributed by atoms with Gasteiger partial charge in [0.15, 0.2) is 0 Å². The Bertz CT molecular complexity index is 573. The van der Waals surface area contributed by atoms with Gasteiger partial charge in [-0.1, -0.05) is 38.0 Å². The first-order chi connectivity index (χ1) is 10.3. The molecule has 21 heavy (non-hydrogen) atoms. The zero-order chi connectivity index (χ0) is 15.1. The number of benzene rings is 1. The maximum Gasteiger partial charge on any atom is 0.266 e. The molecule has 0 aliphatic heterocycles. The Kier molecular flexibility index (Phi) is 5.57. The molecule has 1 saturated carbocycles. The average Bonchev–Trinajstić information content (AvgIpc) is 2.51. The Balaban J connectivity index is 2.19. The summed E-state index contributed by atoms with van der Waals surface area (Å²) >= 11 is 0. The lowest BCUT2D eigenvalue weighted by atomic mass is 9.91. The van der Waals surface area contributed by atoms with Crippen molar-refractivity contribution in [3.8, 4) is 6.07 Å². The van der Waals surface area contributed by atoms with Gasteiger partial charge in [0.2, 0.25) is 0 Å². The van der Waals surface area contributed by atoms with Gasteiger partial charge in [0.25, 0.3) is 5.91 Å². The number of hydrogen-bond donors (Lipinski definition) is 1. The largest absolute Gasteiger partial charge is 0.321 e. The van der Waals surface area contributed by atoms with Gasteiger partial charge in [-0.2, -0.15) is 5.26 Å². The van der Waals surface area contributed by atoms with Gasteiger partial charge in [-0.05, 0) is 49.3 Å². The normalized spacial score (nSPS) is 14.4. The van der Waals surface area contributed by atoms with Crippen LogP contribution in [0.5, 0.6) is 0 Å². The molecule has 1 aromatic rings. The second kappa shape index (κ2) is 7.64. The van der Waals surface area contributed by atoms with E-state index in [4.69, 9.17) is 0 Å². The predicted molar refractivity (Wildman–Crippen MR) is 84.8 cm³/mol. The van der Waals surface area contributed by atoms with Crippen LogP contribution in [-0.2, 0) is 11.2 Å². The highest BCUT2D eigenvalue weighted by Gasteiger charge is 2.18. The molecule has 3 heteroatoms. The van der Waals surface area contributed by atoms with Crippen LogP contribution >= 0.6 is 0 Å². The van der Waals surface area contributed by atoms with E-state index < -0.39 is 0 Å². The molecule has 0 heterocycles. The van der Waals surface area contributed by atoms with E-state index in [1.807, 2.05) is 24.3 Å². The van der Waals surface area contributed by atoms with Gasteiger partial charge in [0, 0.05) is 5.69 Å². The molecule has 110 valence electrons. The molecule has 1 N–H and O–H groups in total. The van der Waals surface area contributed by atoms with Crippen molar-refractivity contribution in [1.29, 1.82) is 5.26 Å². The van der Waals surface area contributed by atoms with Crippen molar-refractivity contribution < 1.29 is 4.79 Å². The number of anilines is 1. The average molecular weight is 282 g/mol. The summed E-state index contributed by atoms with van der Waals surface area (Å²) in [5.41, 5.74) is 3.29. The maximum atomic E-state index is 12.4. The SMILES string of the molecule is CCCc1ccccc1NC(=O)C(C#N)=C1CCCCC1. The monoisotopic (exact) mass is 282 g/mol. The zero-order valence-corrected chi connectivity index (χ0v) is 12.6. The van der Waals surface area contributed by atoms with E-state index in [1.54, 1.807) is 0 Å². The molecule has 3 nitrogen and oxygen atoms in total. The Morgan fingerprint density at radius 1 is 1.24 bits per heavy atom. The Morgan fingerprint density at radius 3 is 2.62 bits per heavy atom. The van der Waals surface area contributed by atoms with E-state index in [-0.39, 0.29) is 5.91 Å². The summed E-state index contributed by atoms with van der Waals surface area (Å²) in [6, 6.07) is 9.93. The number of aryl methyl sites for hydroxylation is 1. The van der Waals surface area contributed by atoms with E-state index in [0.29, 0.717) is 5.57 Å². The van der Waals surface area contributed by atoms with Crippen molar-refractivity contribution in [2.75, 3.05) is 5.32 Å². The molecule has 0 radical (unpaired) electrons. The van der Waals surface area contributed by atoms with Gasteiger partial charge in [-0.3, -0.25) is 4.79 Å². The minimum absolute atomic E-state index is 0.252. The van der Waals surface area contributed by atoms with Gasteiger partial charge < -0.3 is 5.32 Å². The van der Waals surface area contributed by atoms with E-state index in [2.05, 4.69) is 18.3 Å². The molecule has 0 aromatic heterocycles. The third-order valence-corrected chi connectivity index (χ3v) is 3.93. The molecule has 0 unspecified atom stereocenters. The molecule has 1 aromatic carbocycles. The summed E-state index contributed by atoms with van der Waals surface area (Å²) in [6.07, 6.45) is 7.08. The number of nitrogens with zero attached hydrogens (tertiary/aromatic N) is 1. The highest BCUT2D eigenvalue weighted by atomic mass is 16.1. The van der Waals surface area contributed by atoms with Crippen molar-refractivity contribution in [2.24, 2.45) is 0 Å². The van der Waals surface area contributed by atoms with Crippen molar-refractivity contribution in [3.63, 3.8) is 0 Å². The molecule has 0 atom stereocenters. The molecule has 0 saturated heterocycles. The number of hydrogen-bond acceptors (Lipinski definition) is 2. The molecule has 0 bridgehead atoms. The highest BCUT2D eigenvalue weighted by molar-refractivity contribution is 6.07. The summed E-state index contributed by atoms with van der Waals surface area (Å²) in [4.78, 5) is 12.4. The second-order valence-corrected chi connectivity index (χ2v) is 5.51. The van der Waals surface area contributed by atoms with Gasteiger partial charge in [0.05, 0.1) is 0 Å². The molecule has 1 fully saturated rings. The van der Waals surface area contributed by atoms with Gasteiger partial charge >= 0.3 is 0 Å². The first-order valence-corrected chi connectivity index (χ1v) is 7.77. The quantitative estimate of drug-likeness (QED) is 0.659. The molecule has 2 rings (SSSR count). The Labute approximate surface area is 126 Å². The number of para-hydroxylation sites is 1. The van der Waals surface area contributed by atoms with Crippen LogP contribution < -0.4 is 5.32 Å². The zero-order valence-electron chi connectivity index (χ0n) is 12.6. The minimum Gasteiger partial charge on any atom is -0.321 e. The van der Waals surface area contributed by atoms with Crippen LogP contribution in [0.15, 0.2) is 35.4 Å². The first kappa shape index (κ1) is 15.3. The van der Waals surface area contributed by atoms with Crippen LogP contribution in [-0.4, -0.2) is 5.91 Å². The number of nitriles is 1. The topological polar surface area (TPSA) is 52.9 Å². The number of rotatable bonds is 4. The summed E-state index contributed by atoms with van der Waals surface area (Å²) < 4.78 is 0. The van der Waals surface area contributed by atoms with Crippen LogP contribution in [0, 0.1) is 11.3 Å². The summed E-state index contributed by atoms with van der Waals surface area (Å²) in [7, 11) is 0. The molecule has 1 aliphatic carbocycles. The van der Waals surface area contributed by atoms with Gasteiger partial charge in [0.1, 0.15) is 11.6 Å². The molecular formula is C18H22N2O. The first-order valence-electron chi connectivity index (χ1n) is 7.77. The summed E-state index contributed by atoms with van der Waals surface area (Å²) in [5, 5.41) is 12.3. The number of carbonyl (C=O) groups excluding carboxylic acids is 1. The van der Waals surface area contributed by atoms with E-state index >= 15 is 0 Å². The molecule has 1 aliphatic rings. The number of carbonyl (C=O) groups is 1. The smallest absolute Gasteiger partial charge is 0.266 e. The third-order valence-electron chi connectivity index (χ3n) is 3.93. The molecule has 0 spiro atoms. The summed E-state index contributed by atoms with van der Waals surface area (Å²) in [6.45, 7) is 2.11. The molecule has 1 amide bonds. The van der Waals surface area contributed by atoms with Crippen molar-refractivity contribution in [1.82, 2.24) is 0 Å². The fourth-order valence-electron chi connectivity index (χ4n) is 2.83. The minimum atomic E-state index is -0.252. The lowest BCUT2D eigenvalue weighted by Gasteiger charge is -2.16. The number of nitrogens with one attached hydrogen (secondary N) is 1. The standard InChI is InChI=1S/C18H22N2O/c1-2-8-15-11-6-7-12-17(15)20-18(21)16(13-19)14-9-4-3-5-10-14/h6-7,11-12H,2-5,8-10H2,1H3,(H,20,21). The van der Waals surface area contributed by atoms with Crippen molar-refractivity contribution in [2.45, 2.75) is 51.9 Å². The Morgan fingerprint density at radius 2 is 1.95 bits per heavy atom. The third kappa shape index (κ3) is 3.95. The number of amides is 1. The van der Waals surface area contributed by atoms with Crippen LogP contribution in [0.25, 0.3) is 0 Å². The van der Waals surface area contributed by atoms with E-state index in [0.717, 1.165) is 55.3 Å². The lowest BCUT2D eigenvalue weighted by Crippen LogP contribution is -2.17. The highest BCUT2D eigenvalue weighted by Crippen LogP contribution is 2.26.